The lowest BCUT2D eigenvalue weighted by atomic mass is 10.2. The van der Waals surface area contributed by atoms with Crippen LogP contribution in [0.2, 0.25) is 5.02 Å². The number of anilines is 3. The molecule has 10 heteroatoms. The summed E-state index contributed by atoms with van der Waals surface area (Å²) in [5, 5.41) is 13.3. The highest BCUT2D eigenvalue weighted by molar-refractivity contribution is 7.98. The summed E-state index contributed by atoms with van der Waals surface area (Å²) in [4.78, 5) is 13.0. The highest BCUT2D eigenvalue weighted by Crippen LogP contribution is 2.27. The summed E-state index contributed by atoms with van der Waals surface area (Å²) in [6.45, 7) is 4.78. The number of aryl methyl sites for hydroxylation is 1. The first kappa shape index (κ1) is 21.1. The molecule has 0 atom stereocenters. The lowest BCUT2D eigenvalue weighted by Crippen LogP contribution is -2.07. The Balaban J connectivity index is 1.53. The lowest BCUT2D eigenvalue weighted by Gasteiger charge is -2.10. The molecule has 31 heavy (non-hydrogen) atoms. The molecule has 2 aromatic carbocycles. The van der Waals surface area contributed by atoms with Crippen LogP contribution in [0.5, 0.6) is 0 Å². The van der Waals surface area contributed by atoms with Gasteiger partial charge < -0.3 is 15.6 Å². The van der Waals surface area contributed by atoms with Gasteiger partial charge in [0.15, 0.2) is 11.0 Å². The lowest BCUT2D eigenvalue weighted by molar-refractivity contribution is 0.687. The van der Waals surface area contributed by atoms with Gasteiger partial charge in [-0.1, -0.05) is 53.7 Å². The fourth-order valence-electron chi connectivity index (χ4n) is 3.04. The maximum atomic E-state index is 6.13. The number of hydrogen-bond donors (Lipinski definition) is 2. The van der Waals surface area contributed by atoms with Gasteiger partial charge in [0.05, 0.1) is 5.75 Å². The fraction of sp³-hybridized carbons (Fsp3) is 0.190. The van der Waals surface area contributed by atoms with E-state index in [9.17, 15) is 0 Å². The van der Waals surface area contributed by atoms with Gasteiger partial charge in [-0.25, -0.2) is 0 Å². The third-order valence-corrected chi connectivity index (χ3v) is 5.73. The normalized spacial score (nSPS) is 10.9. The van der Waals surface area contributed by atoms with Gasteiger partial charge in [-0.3, -0.25) is 0 Å². The van der Waals surface area contributed by atoms with Crippen molar-refractivity contribution in [2.24, 2.45) is 0 Å². The van der Waals surface area contributed by atoms with Crippen LogP contribution in [0.1, 0.15) is 18.3 Å². The highest BCUT2D eigenvalue weighted by atomic mass is 35.5. The van der Waals surface area contributed by atoms with Crippen LogP contribution in [-0.2, 0) is 12.3 Å². The number of thioether (sulfide) groups is 1. The minimum Gasteiger partial charge on any atom is -0.368 e. The van der Waals surface area contributed by atoms with Gasteiger partial charge in [0.2, 0.25) is 11.9 Å². The van der Waals surface area contributed by atoms with E-state index in [1.54, 1.807) is 0 Å². The van der Waals surface area contributed by atoms with Crippen LogP contribution in [0.25, 0.3) is 11.4 Å². The second kappa shape index (κ2) is 9.32. The van der Waals surface area contributed by atoms with E-state index in [1.807, 2.05) is 66.9 Å². The Bertz CT molecular complexity index is 1210. The second-order valence-corrected chi connectivity index (χ2v) is 8.10. The molecule has 2 aromatic heterocycles. The number of benzene rings is 2. The van der Waals surface area contributed by atoms with Crippen molar-refractivity contribution in [2.75, 3.05) is 11.1 Å². The summed E-state index contributed by atoms with van der Waals surface area (Å²) in [7, 11) is 0. The van der Waals surface area contributed by atoms with E-state index >= 15 is 0 Å². The van der Waals surface area contributed by atoms with Crippen LogP contribution < -0.4 is 11.1 Å². The standard InChI is InChI=1S/C21H21ClN8S/c1-3-30-18(14-8-6-9-15(22)11-14)28-29-21(30)31-12-17-25-19(23)27-20(26-17)24-16-10-5-4-7-13(16)2/h4-11H,3,12H2,1-2H3,(H3,23,24,25,26,27). The topological polar surface area (TPSA) is 107 Å². The van der Waals surface area contributed by atoms with E-state index < -0.39 is 0 Å². The number of aromatic nitrogens is 6. The summed E-state index contributed by atoms with van der Waals surface area (Å²) < 4.78 is 2.04. The maximum Gasteiger partial charge on any atom is 0.232 e. The average Bonchev–Trinajstić information content (AvgIpc) is 3.16. The molecule has 0 saturated carbocycles. The molecule has 0 radical (unpaired) electrons. The van der Waals surface area contributed by atoms with Crippen molar-refractivity contribution in [2.45, 2.75) is 31.3 Å². The number of nitrogens with two attached hydrogens (primary N) is 1. The van der Waals surface area contributed by atoms with Gasteiger partial charge in [-0.15, -0.1) is 10.2 Å². The summed E-state index contributed by atoms with van der Waals surface area (Å²) >= 11 is 7.62. The van der Waals surface area contributed by atoms with Crippen molar-refractivity contribution >= 4 is 40.9 Å². The van der Waals surface area contributed by atoms with Crippen LogP contribution in [0.15, 0.2) is 53.7 Å². The predicted molar refractivity (Wildman–Crippen MR) is 124 cm³/mol. The molecule has 8 nitrogen and oxygen atoms in total. The number of para-hydroxylation sites is 1. The van der Waals surface area contributed by atoms with E-state index in [-0.39, 0.29) is 5.95 Å². The molecule has 0 aliphatic heterocycles. The molecule has 0 spiro atoms. The van der Waals surface area contributed by atoms with Crippen LogP contribution in [0.3, 0.4) is 0 Å². The van der Waals surface area contributed by atoms with E-state index in [0.717, 1.165) is 34.3 Å². The zero-order valence-electron chi connectivity index (χ0n) is 17.1. The van der Waals surface area contributed by atoms with Crippen molar-refractivity contribution < 1.29 is 0 Å². The largest absolute Gasteiger partial charge is 0.368 e. The number of nitrogens with one attached hydrogen (secondary N) is 1. The minimum atomic E-state index is 0.165. The van der Waals surface area contributed by atoms with Crippen LogP contribution >= 0.6 is 23.4 Å². The van der Waals surface area contributed by atoms with Gasteiger partial charge in [0, 0.05) is 22.8 Å². The Labute approximate surface area is 189 Å². The molecule has 0 saturated heterocycles. The maximum absolute atomic E-state index is 6.13. The van der Waals surface area contributed by atoms with E-state index in [0.29, 0.717) is 22.5 Å². The first-order valence-corrected chi connectivity index (χ1v) is 11.0. The summed E-state index contributed by atoms with van der Waals surface area (Å²) in [5.41, 5.74) is 8.84. The molecule has 0 amide bonds. The Morgan fingerprint density at radius 3 is 2.68 bits per heavy atom. The number of hydrogen-bond acceptors (Lipinski definition) is 8. The third kappa shape index (κ3) is 4.95. The number of nitrogen functional groups attached to an aromatic ring is 1. The molecule has 0 unspecified atom stereocenters. The van der Waals surface area contributed by atoms with Crippen LogP contribution in [0.4, 0.5) is 17.6 Å². The first-order valence-electron chi connectivity index (χ1n) is 9.68. The predicted octanol–water partition coefficient (Wildman–Crippen LogP) is 4.73. The monoisotopic (exact) mass is 452 g/mol. The molecule has 3 N–H and O–H groups in total. The Morgan fingerprint density at radius 1 is 1.06 bits per heavy atom. The minimum absolute atomic E-state index is 0.165. The molecule has 0 aliphatic rings. The summed E-state index contributed by atoms with van der Waals surface area (Å²) in [6, 6.07) is 15.5. The SMILES string of the molecule is CCn1c(SCc2nc(N)nc(Nc3ccccc3C)n2)nnc1-c1cccc(Cl)c1. The molecular weight excluding hydrogens is 432 g/mol. The van der Waals surface area contributed by atoms with E-state index in [4.69, 9.17) is 17.3 Å². The van der Waals surface area contributed by atoms with Gasteiger partial charge in [0.1, 0.15) is 5.82 Å². The van der Waals surface area contributed by atoms with Crippen LogP contribution in [-0.4, -0.2) is 29.7 Å². The summed E-state index contributed by atoms with van der Waals surface area (Å²) in [5.74, 6) is 2.38. The van der Waals surface area contributed by atoms with E-state index in [2.05, 4.69) is 30.5 Å². The molecule has 4 aromatic rings. The van der Waals surface area contributed by atoms with Crippen molar-refractivity contribution in [3.63, 3.8) is 0 Å². The molecular formula is C21H21ClN8S. The Hall–Kier alpha value is -3.17. The zero-order valence-corrected chi connectivity index (χ0v) is 18.7. The summed E-state index contributed by atoms with van der Waals surface area (Å²) in [6.07, 6.45) is 0. The van der Waals surface area contributed by atoms with Crippen molar-refractivity contribution in [1.29, 1.82) is 0 Å². The van der Waals surface area contributed by atoms with Gasteiger partial charge in [-0.2, -0.15) is 15.0 Å². The average molecular weight is 453 g/mol. The number of rotatable bonds is 7. The number of halogens is 1. The smallest absolute Gasteiger partial charge is 0.232 e. The van der Waals surface area contributed by atoms with Crippen molar-refractivity contribution in [3.05, 3.63) is 64.9 Å². The second-order valence-electron chi connectivity index (χ2n) is 6.72. The molecule has 2 heterocycles. The van der Waals surface area contributed by atoms with E-state index in [1.165, 1.54) is 11.8 Å². The quantitative estimate of drug-likeness (QED) is 0.387. The highest BCUT2D eigenvalue weighted by Gasteiger charge is 2.15. The Kier molecular flexibility index (Phi) is 6.34. The molecule has 0 aliphatic carbocycles. The van der Waals surface area contributed by atoms with Crippen molar-refractivity contribution in [1.82, 2.24) is 29.7 Å². The molecule has 0 fully saturated rings. The molecule has 0 bridgehead atoms. The van der Waals surface area contributed by atoms with Gasteiger partial charge in [0.25, 0.3) is 0 Å². The Morgan fingerprint density at radius 2 is 1.90 bits per heavy atom. The zero-order chi connectivity index (χ0) is 21.8. The third-order valence-electron chi connectivity index (χ3n) is 4.54. The van der Waals surface area contributed by atoms with Crippen LogP contribution in [0, 0.1) is 6.92 Å². The molecule has 4 rings (SSSR count). The fourth-order valence-corrected chi connectivity index (χ4v) is 4.09. The van der Waals surface area contributed by atoms with Crippen molar-refractivity contribution in [3.8, 4) is 11.4 Å². The van der Waals surface area contributed by atoms with Gasteiger partial charge >= 0.3 is 0 Å². The first-order chi connectivity index (χ1) is 15.0. The number of nitrogens with zero attached hydrogens (tertiary/aromatic N) is 6. The van der Waals surface area contributed by atoms with Gasteiger partial charge in [-0.05, 0) is 37.6 Å². The molecule has 158 valence electrons.